The molecule has 0 aromatic rings. The molecular formula is C12H22F6N2O4S2. The summed E-state index contributed by atoms with van der Waals surface area (Å²) in [5, 5.41) is 0. The number of unbranched alkanes of at least 4 members (excludes halogenated alkanes) is 1. The molecule has 0 aromatic carbocycles. The first kappa shape index (κ1) is 25.4. The van der Waals surface area contributed by atoms with Crippen molar-refractivity contribution in [2.75, 3.05) is 13.6 Å². The Morgan fingerprint density at radius 2 is 1.42 bits per heavy atom. The molecule has 1 fully saturated rings. The number of halogens is 6. The van der Waals surface area contributed by atoms with Gasteiger partial charge in [0.2, 0.25) is 0 Å². The smallest absolute Gasteiger partial charge is 0.301 e. The van der Waals surface area contributed by atoms with Crippen molar-refractivity contribution in [3.8, 4) is 0 Å². The van der Waals surface area contributed by atoms with Gasteiger partial charge in [0.15, 0.2) is 0 Å². The van der Waals surface area contributed by atoms with E-state index in [1.165, 1.54) is 38.6 Å². The fourth-order valence-corrected chi connectivity index (χ4v) is 4.18. The molecule has 1 atom stereocenters. The molecule has 0 spiro atoms. The summed E-state index contributed by atoms with van der Waals surface area (Å²) in [4.78, 5) is 2.53. The lowest BCUT2D eigenvalue weighted by Crippen LogP contribution is -2.45. The van der Waals surface area contributed by atoms with Crippen LogP contribution in [0.4, 0.5) is 26.3 Å². The van der Waals surface area contributed by atoms with Crippen molar-refractivity contribution < 1.29 is 43.2 Å². The first-order valence-corrected chi connectivity index (χ1v) is 10.5. The highest BCUT2D eigenvalue weighted by Gasteiger charge is 2.55. The molecule has 1 aliphatic rings. The normalized spacial score (nSPS) is 22.8. The van der Waals surface area contributed by atoms with E-state index in [9.17, 15) is 43.2 Å². The molecule has 1 aliphatic heterocycles. The van der Waals surface area contributed by atoms with Crippen molar-refractivity contribution in [1.29, 1.82) is 0 Å². The van der Waals surface area contributed by atoms with E-state index in [1.807, 2.05) is 0 Å². The summed E-state index contributed by atoms with van der Waals surface area (Å²) in [5.41, 5.74) is -11.8. The Labute approximate surface area is 149 Å². The van der Waals surface area contributed by atoms with Crippen LogP contribution in [-0.2, 0) is 20.0 Å². The molecule has 1 unspecified atom stereocenters. The van der Waals surface area contributed by atoms with Crippen LogP contribution in [0.3, 0.4) is 0 Å². The highest BCUT2D eigenvalue weighted by atomic mass is 32.3. The summed E-state index contributed by atoms with van der Waals surface area (Å²) in [6, 6.07) is 0. The van der Waals surface area contributed by atoms with E-state index < -0.39 is 35.2 Å². The molecule has 158 valence electrons. The Hall–Kier alpha value is -0.600. The van der Waals surface area contributed by atoms with Crippen LogP contribution in [0.2, 0.25) is 0 Å². The molecule has 0 bridgehead atoms. The minimum atomic E-state index is -6.60. The van der Waals surface area contributed by atoms with Gasteiger partial charge in [0.1, 0.15) is 0 Å². The van der Waals surface area contributed by atoms with E-state index >= 15 is 0 Å². The van der Waals surface area contributed by atoms with Crippen LogP contribution < -0.4 is 4.13 Å². The lowest BCUT2D eigenvalue weighted by atomic mass is 9.92. The van der Waals surface area contributed by atoms with Crippen LogP contribution in [0.1, 0.15) is 46.0 Å². The van der Waals surface area contributed by atoms with Gasteiger partial charge in [0, 0.05) is 5.54 Å². The van der Waals surface area contributed by atoms with Gasteiger partial charge in [0.25, 0.3) is 0 Å². The highest BCUT2D eigenvalue weighted by molar-refractivity contribution is 8.05. The Morgan fingerprint density at radius 1 is 1.00 bits per heavy atom. The number of likely N-dealkylation sites (tertiary alicyclic amines) is 1. The minimum Gasteiger partial charge on any atom is -0.301 e. The van der Waals surface area contributed by atoms with E-state index in [0.29, 0.717) is 5.54 Å². The molecule has 0 aliphatic carbocycles. The summed E-state index contributed by atoms with van der Waals surface area (Å²) in [6.07, 6.45) is 6.92. The Morgan fingerprint density at radius 3 is 1.69 bits per heavy atom. The van der Waals surface area contributed by atoms with Gasteiger partial charge in [-0.3, -0.25) is 0 Å². The molecule has 1 heterocycles. The molecule has 0 saturated carbocycles. The van der Waals surface area contributed by atoms with Crippen molar-refractivity contribution in [2.45, 2.75) is 62.5 Å². The van der Waals surface area contributed by atoms with Crippen molar-refractivity contribution in [3.63, 3.8) is 0 Å². The molecule has 1 N–H and O–H groups in total. The summed E-state index contributed by atoms with van der Waals surface area (Å²) < 4.78 is 108. The molecule has 0 amide bonds. The third-order valence-corrected chi connectivity index (χ3v) is 7.00. The number of alkyl halides is 6. The Bertz CT molecular complexity index is 618. The third-order valence-electron chi connectivity index (χ3n) is 4.03. The van der Waals surface area contributed by atoms with Crippen molar-refractivity contribution in [1.82, 2.24) is 9.03 Å². The van der Waals surface area contributed by atoms with Crippen LogP contribution >= 0.6 is 0 Å². The van der Waals surface area contributed by atoms with Gasteiger partial charge in [-0.05, 0) is 39.8 Å². The molecule has 14 heteroatoms. The second kappa shape index (κ2) is 8.61. The fourth-order valence-electron chi connectivity index (χ4n) is 2.27. The van der Waals surface area contributed by atoms with Crippen LogP contribution in [-0.4, -0.2) is 51.9 Å². The molecular weight excluding hydrogens is 414 g/mol. The summed E-state index contributed by atoms with van der Waals surface area (Å²) in [5.74, 6) is 0. The average molecular weight is 436 g/mol. The largest absolute Gasteiger partial charge is 0.512 e. The van der Waals surface area contributed by atoms with Crippen LogP contribution in [0.25, 0.3) is 0 Å². The van der Waals surface area contributed by atoms with Crippen molar-refractivity contribution in [2.24, 2.45) is 0 Å². The number of nitrogens with one attached hydrogen (secondary N) is 1. The topological polar surface area (TPSA) is 83.6 Å². The van der Waals surface area contributed by atoms with Gasteiger partial charge in [0.05, 0.1) is 0 Å². The van der Waals surface area contributed by atoms with E-state index in [4.69, 9.17) is 0 Å². The summed E-state index contributed by atoms with van der Waals surface area (Å²) in [6.45, 7) is 5.99. The van der Waals surface area contributed by atoms with Crippen LogP contribution in [0.15, 0.2) is 0 Å². The number of nitrogens with zero attached hydrogens (tertiary/aromatic N) is 1. The Balaban J connectivity index is 0.000000502. The van der Waals surface area contributed by atoms with Gasteiger partial charge in [-0.2, -0.15) is 26.3 Å². The lowest BCUT2D eigenvalue weighted by molar-refractivity contribution is -0.0476. The number of hydrogen-bond donors (Lipinski definition) is 1. The number of hydrogen-bond acceptors (Lipinski definition) is 5. The zero-order valence-corrected chi connectivity index (χ0v) is 16.0. The molecule has 0 radical (unpaired) electrons. The Kier molecular flexibility index (Phi) is 8.41. The SMILES string of the molecule is CCCCC1(C)CCCN1C.O=S(=O)(NS(=O)(=O)C(F)(F)F)C(F)(F)F. The second-order valence-electron chi connectivity index (χ2n) is 6.11. The zero-order valence-electron chi connectivity index (χ0n) is 14.4. The highest BCUT2D eigenvalue weighted by Crippen LogP contribution is 2.31. The lowest BCUT2D eigenvalue weighted by Gasteiger charge is -2.32. The number of sulfonamides is 2. The molecule has 6 nitrogen and oxygen atoms in total. The molecule has 0 aromatic heterocycles. The van der Waals surface area contributed by atoms with E-state index in [-0.39, 0.29) is 0 Å². The predicted octanol–water partition coefficient (Wildman–Crippen LogP) is 2.94. The maximum absolute atomic E-state index is 11.5. The van der Waals surface area contributed by atoms with Crippen LogP contribution in [0, 0.1) is 0 Å². The quantitative estimate of drug-likeness (QED) is 0.670. The van der Waals surface area contributed by atoms with Crippen molar-refractivity contribution in [3.05, 3.63) is 0 Å². The first-order chi connectivity index (χ1) is 11.4. The van der Waals surface area contributed by atoms with Gasteiger partial charge in [-0.1, -0.05) is 23.9 Å². The average Bonchev–Trinajstić information content (AvgIpc) is 2.74. The summed E-state index contributed by atoms with van der Waals surface area (Å²) in [7, 11) is -10.9. The minimum absolute atomic E-state index is 0.493. The van der Waals surface area contributed by atoms with Gasteiger partial charge in [-0.25, -0.2) is 16.8 Å². The van der Waals surface area contributed by atoms with E-state index in [1.54, 1.807) is 0 Å². The zero-order chi connectivity index (χ0) is 21.0. The standard InChI is InChI=1S/C10H21N.C2HF6NO4S2/c1-4-5-7-10(2)8-6-9-11(10)3;3-1(4,5)14(10,11)9-15(12,13)2(6,7)8/h4-9H2,1-3H3;9H. The predicted molar refractivity (Wildman–Crippen MR) is 82.9 cm³/mol. The van der Waals surface area contributed by atoms with Crippen molar-refractivity contribution >= 4 is 20.0 Å². The first-order valence-electron chi connectivity index (χ1n) is 7.52. The van der Waals surface area contributed by atoms with Crippen LogP contribution in [0.5, 0.6) is 0 Å². The van der Waals surface area contributed by atoms with Gasteiger partial charge >= 0.3 is 31.1 Å². The van der Waals surface area contributed by atoms with E-state index in [0.717, 1.165) is 0 Å². The third kappa shape index (κ3) is 6.85. The summed E-state index contributed by atoms with van der Waals surface area (Å²) >= 11 is 0. The second-order valence-corrected chi connectivity index (χ2v) is 9.71. The van der Waals surface area contributed by atoms with Gasteiger partial charge in [-0.15, -0.1) is 0 Å². The number of rotatable bonds is 5. The maximum atomic E-state index is 11.5. The molecule has 1 rings (SSSR count). The van der Waals surface area contributed by atoms with E-state index in [2.05, 4.69) is 25.8 Å². The maximum Gasteiger partial charge on any atom is 0.512 e. The monoisotopic (exact) mass is 436 g/mol. The fraction of sp³-hybridized carbons (Fsp3) is 1.00. The molecule has 26 heavy (non-hydrogen) atoms. The molecule has 1 saturated heterocycles. The van der Waals surface area contributed by atoms with Gasteiger partial charge < -0.3 is 4.90 Å².